The Hall–Kier alpha value is -1.99. The summed E-state index contributed by atoms with van der Waals surface area (Å²) in [6.07, 6.45) is -0.774. The van der Waals surface area contributed by atoms with E-state index in [0.717, 1.165) is 12.5 Å². The predicted octanol–water partition coefficient (Wildman–Crippen LogP) is 1.97. The fourth-order valence-corrected chi connectivity index (χ4v) is 3.64. The van der Waals surface area contributed by atoms with Crippen LogP contribution in [0.5, 0.6) is 0 Å². The Morgan fingerprint density at radius 2 is 1.72 bits per heavy atom. The van der Waals surface area contributed by atoms with E-state index in [4.69, 9.17) is 4.43 Å². The number of benzene rings is 2. The van der Waals surface area contributed by atoms with Crippen molar-refractivity contribution >= 4 is 15.7 Å². The van der Waals surface area contributed by atoms with E-state index in [1.807, 2.05) is 18.2 Å². The molecule has 0 fully saturated rings. The molecule has 2 atom stereocenters. The summed E-state index contributed by atoms with van der Waals surface area (Å²) in [6, 6.07) is 13.3. The third-order valence-corrected chi connectivity index (χ3v) is 5.26. The number of hydrogen-bond donors (Lipinski definition) is 3. The number of aliphatic hydroxyl groups is 2. The monoisotopic (exact) mass is 355 g/mol. The second-order valence-corrected chi connectivity index (χ2v) is 7.18. The quantitative estimate of drug-likeness (QED) is 0.547. The highest BCUT2D eigenvalue weighted by atomic mass is 28.2. The lowest BCUT2D eigenvalue weighted by molar-refractivity contribution is 0.0953. The lowest BCUT2D eigenvalue weighted by atomic mass is 9.81. The van der Waals surface area contributed by atoms with Gasteiger partial charge in [0.1, 0.15) is 12.2 Å². The van der Waals surface area contributed by atoms with Crippen molar-refractivity contribution in [3.63, 3.8) is 0 Å². The lowest BCUT2D eigenvalue weighted by Crippen LogP contribution is -2.26. The maximum Gasteiger partial charge on any atom is 0.251 e. The molecule has 25 heavy (non-hydrogen) atoms. The van der Waals surface area contributed by atoms with Gasteiger partial charge >= 0.3 is 0 Å². The van der Waals surface area contributed by atoms with E-state index in [1.165, 1.54) is 0 Å². The summed E-state index contributed by atoms with van der Waals surface area (Å²) in [7, 11) is 2.12. The van der Waals surface area contributed by atoms with Gasteiger partial charge in [-0.05, 0) is 46.9 Å². The zero-order chi connectivity index (χ0) is 17.8. The van der Waals surface area contributed by atoms with Crippen LogP contribution in [0, 0.1) is 0 Å². The van der Waals surface area contributed by atoms with Crippen molar-refractivity contribution < 1.29 is 19.4 Å². The molecule has 1 aliphatic rings. The fraction of sp³-hybridized carbons (Fsp3) is 0.316. The van der Waals surface area contributed by atoms with Gasteiger partial charge in [-0.1, -0.05) is 30.3 Å². The first kappa shape index (κ1) is 17.8. The van der Waals surface area contributed by atoms with Gasteiger partial charge in [-0.15, -0.1) is 0 Å². The summed E-state index contributed by atoms with van der Waals surface area (Å²) in [5, 5.41) is 24.1. The average Bonchev–Trinajstić information content (AvgIpc) is 2.65. The largest absolute Gasteiger partial charge is 0.421 e. The topological polar surface area (TPSA) is 78.8 Å². The lowest BCUT2D eigenvalue weighted by Gasteiger charge is -2.29. The molecule has 1 aliphatic carbocycles. The molecule has 3 N–H and O–H groups in total. The second kappa shape index (κ2) is 7.92. The summed E-state index contributed by atoms with van der Waals surface area (Å²) >= 11 is 0. The van der Waals surface area contributed by atoms with Crippen molar-refractivity contribution in [2.45, 2.75) is 24.7 Å². The zero-order valence-corrected chi connectivity index (χ0v) is 15.0. The first-order valence-corrected chi connectivity index (χ1v) is 9.38. The fourth-order valence-electron chi connectivity index (χ4n) is 3.11. The predicted molar refractivity (Wildman–Crippen MR) is 95.5 cm³/mol. The van der Waals surface area contributed by atoms with Crippen LogP contribution in [0.4, 0.5) is 0 Å². The molecule has 0 aliphatic heterocycles. The molecule has 0 saturated carbocycles. The SMILES string of the molecule is CO[Si]CCCNC(=O)c1ccc2c(c1)C(O)c1ccccc1C2O. The third-order valence-electron chi connectivity index (χ3n) is 4.41. The minimum atomic E-state index is -0.842. The molecule has 0 aromatic heterocycles. The second-order valence-electron chi connectivity index (χ2n) is 5.99. The van der Waals surface area contributed by atoms with Gasteiger partial charge in [0, 0.05) is 19.2 Å². The van der Waals surface area contributed by atoms with Crippen LogP contribution in [0.1, 0.15) is 51.2 Å². The number of fused-ring (bicyclic) bond motifs is 2. The van der Waals surface area contributed by atoms with Crippen molar-refractivity contribution in [2.24, 2.45) is 0 Å². The summed E-state index contributed by atoms with van der Waals surface area (Å²) in [5.74, 6) is -0.177. The van der Waals surface area contributed by atoms with Crippen LogP contribution in [0.25, 0.3) is 0 Å². The van der Waals surface area contributed by atoms with E-state index in [0.29, 0.717) is 44.1 Å². The van der Waals surface area contributed by atoms with Crippen LogP contribution in [0.3, 0.4) is 0 Å². The van der Waals surface area contributed by atoms with Gasteiger partial charge in [0.2, 0.25) is 9.76 Å². The van der Waals surface area contributed by atoms with E-state index in [9.17, 15) is 15.0 Å². The number of amides is 1. The minimum absolute atomic E-state index is 0.177. The molecule has 2 aromatic rings. The van der Waals surface area contributed by atoms with E-state index in [2.05, 4.69) is 5.32 Å². The van der Waals surface area contributed by atoms with Crippen LogP contribution in [-0.2, 0) is 4.43 Å². The molecule has 0 bridgehead atoms. The first-order chi connectivity index (χ1) is 12.1. The highest BCUT2D eigenvalue weighted by Crippen LogP contribution is 2.40. The van der Waals surface area contributed by atoms with E-state index < -0.39 is 12.2 Å². The Morgan fingerprint density at radius 1 is 1.08 bits per heavy atom. The molecule has 1 amide bonds. The molecule has 5 nitrogen and oxygen atoms in total. The van der Waals surface area contributed by atoms with E-state index in [1.54, 1.807) is 31.4 Å². The van der Waals surface area contributed by atoms with Gasteiger partial charge in [-0.2, -0.15) is 0 Å². The molecule has 0 heterocycles. The van der Waals surface area contributed by atoms with Crippen LogP contribution < -0.4 is 5.32 Å². The molecular formula is C19H21NO4Si. The number of carbonyl (C=O) groups is 1. The van der Waals surface area contributed by atoms with Gasteiger partial charge in [0.15, 0.2) is 0 Å². The molecule has 0 saturated heterocycles. The van der Waals surface area contributed by atoms with E-state index >= 15 is 0 Å². The number of hydrogen-bond acceptors (Lipinski definition) is 4. The number of nitrogens with one attached hydrogen (secondary N) is 1. The molecular weight excluding hydrogens is 334 g/mol. The number of rotatable bonds is 6. The Labute approximate surface area is 149 Å². The van der Waals surface area contributed by atoms with Gasteiger partial charge in [-0.25, -0.2) is 0 Å². The highest BCUT2D eigenvalue weighted by molar-refractivity contribution is 6.26. The first-order valence-electron chi connectivity index (χ1n) is 8.26. The molecule has 2 radical (unpaired) electrons. The molecule has 3 rings (SSSR count). The van der Waals surface area contributed by atoms with Crippen molar-refractivity contribution in [1.82, 2.24) is 5.32 Å². The standard InChI is InChI=1S/C19H21NO4Si/c1-24-25-10-4-9-20-19(23)12-7-8-15-16(11-12)18(22)14-6-3-2-5-13(14)17(15)21/h2-3,5-8,11,17-18,21-22H,4,9-10H2,1H3,(H,20,23). The van der Waals surface area contributed by atoms with Crippen LogP contribution >= 0.6 is 0 Å². The Kier molecular flexibility index (Phi) is 5.65. The summed E-state index contributed by atoms with van der Waals surface area (Å²) in [5.41, 5.74) is 3.10. The van der Waals surface area contributed by atoms with Gasteiger partial charge < -0.3 is 20.0 Å². The molecule has 2 aromatic carbocycles. The molecule has 2 unspecified atom stereocenters. The van der Waals surface area contributed by atoms with E-state index in [-0.39, 0.29) is 5.91 Å². The summed E-state index contributed by atoms with van der Waals surface area (Å²) < 4.78 is 5.01. The third kappa shape index (κ3) is 3.67. The molecule has 0 spiro atoms. The maximum absolute atomic E-state index is 12.3. The Bertz CT molecular complexity index is 765. The maximum atomic E-state index is 12.3. The van der Waals surface area contributed by atoms with Crippen molar-refractivity contribution in [3.8, 4) is 0 Å². The minimum Gasteiger partial charge on any atom is -0.421 e. The number of aliphatic hydroxyl groups excluding tert-OH is 2. The summed E-state index contributed by atoms with van der Waals surface area (Å²) in [4.78, 5) is 12.3. The van der Waals surface area contributed by atoms with Crippen LogP contribution in [-0.4, -0.2) is 39.5 Å². The van der Waals surface area contributed by atoms with Crippen molar-refractivity contribution in [1.29, 1.82) is 0 Å². The highest BCUT2D eigenvalue weighted by Gasteiger charge is 2.30. The van der Waals surface area contributed by atoms with Crippen molar-refractivity contribution in [3.05, 3.63) is 70.3 Å². The average molecular weight is 355 g/mol. The van der Waals surface area contributed by atoms with Gasteiger partial charge in [0.25, 0.3) is 5.91 Å². The Balaban J connectivity index is 1.77. The normalized spacial score (nSPS) is 18.4. The Morgan fingerprint density at radius 3 is 2.40 bits per heavy atom. The van der Waals surface area contributed by atoms with Gasteiger partial charge in [0.05, 0.1) is 0 Å². The van der Waals surface area contributed by atoms with Crippen molar-refractivity contribution in [2.75, 3.05) is 13.7 Å². The smallest absolute Gasteiger partial charge is 0.251 e. The van der Waals surface area contributed by atoms with Gasteiger partial charge in [-0.3, -0.25) is 4.79 Å². The van der Waals surface area contributed by atoms with Crippen LogP contribution in [0.15, 0.2) is 42.5 Å². The van der Waals surface area contributed by atoms with Crippen LogP contribution in [0.2, 0.25) is 6.04 Å². The zero-order valence-electron chi connectivity index (χ0n) is 14.0. The molecule has 130 valence electrons. The summed E-state index contributed by atoms with van der Waals surface area (Å²) in [6.45, 7) is 0.584. The molecule has 6 heteroatoms. The number of carbonyl (C=O) groups excluding carboxylic acids is 1.